The first-order chi connectivity index (χ1) is 16.7. The fourth-order valence-corrected chi connectivity index (χ4v) is 4.28. The molecule has 0 unspecified atom stereocenters. The first kappa shape index (κ1) is 25.1. The lowest BCUT2D eigenvalue weighted by atomic mass is 10.2. The van der Waals surface area contributed by atoms with Gasteiger partial charge in [-0.15, -0.1) is 0 Å². The average Bonchev–Trinajstić information content (AvgIpc) is 3.06. The van der Waals surface area contributed by atoms with Gasteiger partial charge >= 0.3 is 0 Å². The molecule has 1 N–H and O–H groups in total. The molecule has 4 rings (SSSR count). The predicted octanol–water partition coefficient (Wildman–Crippen LogP) is 6.15. The number of carbonyl (C=O) groups excluding carboxylic acids is 3. The number of ether oxygens (including phenoxy) is 1. The molecule has 0 atom stereocenters. The Balaban J connectivity index is 1.45. The van der Waals surface area contributed by atoms with Gasteiger partial charge in [-0.1, -0.05) is 23.7 Å². The van der Waals surface area contributed by atoms with Gasteiger partial charge in [-0.2, -0.15) is 9.37 Å². The molecule has 35 heavy (non-hydrogen) atoms. The minimum absolute atomic E-state index is 0.114. The van der Waals surface area contributed by atoms with Crippen LogP contribution in [-0.4, -0.2) is 38.5 Å². The molecule has 1 fully saturated rings. The second kappa shape index (κ2) is 10.7. The van der Waals surface area contributed by atoms with E-state index in [1.54, 1.807) is 30.3 Å². The van der Waals surface area contributed by atoms with Gasteiger partial charge in [-0.25, -0.2) is 4.98 Å². The summed E-state index contributed by atoms with van der Waals surface area (Å²) in [5.74, 6) is -2.12. The van der Waals surface area contributed by atoms with Crippen molar-refractivity contribution in [1.82, 2.24) is 14.9 Å². The van der Waals surface area contributed by atoms with Crippen molar-refractivity contribution in [3.8, 4) is 11.6 Å². The molecule has 3 amide bonds. The largest absolute Gasteiger partial charge is 0.436 e. The maximum Gasteiger partial charge on any atom is 0.294 e. The molecule has 13 heteroatoms. The van der Waals surface area contributed by atoms with E-state index in [-0.39, 0.29) is 21.8 Å². The molecule has 0 bridgehead atoms. The summed E-state index contributed by atoms with van der Waals surface area (Å²) in [7, 11) is 0. The Kier molecular flexibility index (Phi) is 7.70. The number of rotatable bonds is 6. The smallest absolute Gasteiger partial charge is 0.294 e. The summed E-state index contributed by atoms with van der Waals surface area (Å²) in [4.78, 5) is 45.7. The van der Waals surface area contributed by atoms with Crippen LogP contribution in [0, 0.1) is 5.82 Å². The van der Waals surface area contributed by atoms with Crippen LogP contribution in [0.3, 0.4) is 0 Å². The van der Waals surface area contributed by atoms with Gasteiger partial charge in [0.15, 0.2) is 0 Å². The number of hydrogen-bond acceptors (Lipinski definition) is 7. The van der Waals surface area contributed by atoms with Gasteiger partial charge in [0.2, 0.25) is 17.0 Å². The van der Waals surface area contributed by atoms with Crippen molar-refractivity contribution in [2.75, 3.05) is 11.9 Å². The van der Waals surface area contributed by atoms with Gasteiger partial charge in [0.05, 0.1) is 16.1 Å². The van der Waals surface area contributed by atoms with E-state index in [9.17, 15) is 18.8 Å². The van der Waals surface area contributed by atoms with E-state index < -0.39 is 29.4 Å². The minimum atomic E-state index is -0.801. The topological polar surface area (TPSA) is 101 Å². The molecule has 2 heterocycles. The van der Waals surface area contributed by atoms with Crippen LogP contribution in [-0.2, 0) is 9.59 Å². The van der Waals surface area contributed by atoms with Crippen LogP contribution in [0.15, 0.2) is 58.0 Å². The summed E-state index contributed by atoms with van der Waals surface area (Å²) >= 11 is 15.6. The predicted molar refractivity (Wildman–Crippen MR) is 134 cm³/mol. The van der Waals surface area contributed by atoms with E-state index in [1.165, 1.54) is 18.2 Å². The maximum atomic E-state index is 13.8. The van der Waals surface area contributed by atoms with E-state index in [0.29, 0.717) is 32.5 Å². The maximum absolute atomic E-state index is 13.8. The van der Waals surface area contributed by atoms with Crippen molar-refractivity contribution in [2.45, 2.75) is 0 Å². The molecule has 8 nitrogen and oxygen atoms in total. The van der Waals surface area contributed by atoms with Crippen LogP contribution in [0.25, 0.3) is 6.08 Å². The number of nitrogens with one attached hydrogen (secondary N) is 1. The van der Waals surface area contributed by atoms with Gasteiger partial charge in [0.25, 0.3) is 17.0 Å². The molecule has 1 aromatic heterocycles. The standard InChI is InChI=1S/C22H12BrCl2FN4O4S/c23-14-5-4-12(8-15(14)24)28-18(31)10-30-20(32)17(35-22(30)33)7-11-2-1-3-13(6-11)34-19-16(26)9-27-21(25)29-19/h1-9H,10H2,(H,28,31)/b17-7+. The molecule has 0 saturated carbocycles. The number of thioether (sulfide) groups is 1. The van der Waals surface area contributed by atoms with Gasteiger partial charge in [-0.05, 0) is 81.3 Å². The summed E-state index contributed by atoms with van der Waals surface area (Å²) in [6.45, 7) is -0.466. The highest BCUT2D eigenvalue weighted by molar-refractivity contribution is 9.10. The van der Waals surface area contributed by atoms with Gasteiger partial charge in [-0.3, -0.25) is 19.3 Å². The number of amides is 3. The van der Waals surface area contributed by atoms with E-state index in [1.807, 2.05) is 0 Å². The van der Waals surface area contributed by atoms with Crippen LogP contribution in [0.4, 0.5) is 14.9 Å². The van der Waals surface area contributed by atoms with Crippen LogP contribution in [0.2, 0.25) is 10.3 Å². The van der Waals surface area contributed by atoms with Crippen LogP contribution < -0.4 is 10.1 Å². The average molecular weight is 598 g/mol. The Morgan fingerprint density at radius 3 is 2.80 bits per heavy atom. The SMILES string of the molecule is O=C(CN1C(=O)S/C(=C/c2cccc(Oc3nc(Cl)ncc3F)c2)C1=O)Nc1ccc(Br)c(Cl)c1. The molecule has 178 valence electrons. The lowest BCUT2D eigenvalue weighted by Gasteiger charge is -2.12. The summed E-state index contributed by atoms with van der Waals surface area (Å²) in [5, 5.41) is 2.22. The second-order valence-corrected chi connectivity index (χ2v) is 9.50. The molecule has 0 aliphatic carbocycles. The zero-order chi connectivity index (χ0) is 25.1. The fraction of sp³-hybridized carbons (Fsp3) is 0.0455. The number of aromatic nitrogens is 2. The Bertz CT molecular complexity index is 1390. The number of nitrogens with zero attached hydrogens (tertiary/aromatic N) is 3. The molecule has 0 radical (unpaired) electrons. The van der Waals surface area contributed by atoms with Gasteiger partial charge in [0.1, 0.15) is 12.3 Å². The van der Waals surface area contributed by atoms with Crippen LogP contribution in [0.5, 0.6) is 11.6 Å². The highest BCUT2D eigenvalue weighted by Gasteiger charge is 2.36. The van der Waals surface area contributed by atoms with E-state index in [0.717, 1.165) is 11.1 Å². The molecule has 3 aromatic rings. The zero-order valence-corrected chi connectivity index (χ0v) is 21.2. The van der Waals surface area contributed by atoms with E-state index in [2.05, 4.69) is 31.2 Å². The summed E-state index contributed by atoms with van der Waals surface area (Å²) in [5.41, 5.74) is 0.923. The van der Waals surface area contributed by atoms with Crippen molar-refractivity contribution in [1.29, 1.82) is 0 Å². The number of hydrogen-bond donors (Lipinski definition) is 1. The monoisotopic (exact) mass is 596 g/mol. The Morgan fingerprint density at radius 1 is 1.23 bits per heavy atom. The van der Waals surface area contributed by atoms with Crippen molar-refractivity contribution in [3.63, 3.8) is 0 Å². The molecular formula is C22H12BrCl2FN4O4S. The fourth-order valence-electron chi connectivity index (χ4n) is 2.89. The van der Waals surface area contributed by atoms with E-state index in [4.69, 9.17) is 27.9 Å². The van der Waals surface area contributed by atoms with Crippen LogP contribution >= 0.6 is 50.9 Å². The number of anilines is 1. The molecular weight excluding hydrogens is 586 g/mol. The Labute approximate surface area is 220 Å². The number of carbonyl (C=O) groups is 3. The Morgan fingerprint density at radius 2 is 2.03 bits per heavy atom. The highest BCUT2D eigenvalue weighted by Crippen LogP contribution is 2.33. The summed E-state index contributed by atoms with van der Waals surface area (Å²) in [6, 6.07) is 11.2. The van der Waals surface area contributed by atoms with E-state index >= 15 is 0 Å². The third-order valence-corrected chi connectivity index (χ3v) is 6.75. The minimum Gasteiger partial charge on any atom is -0.436 e. The third-order valence-electron chi connectivity index (χ3n) is 4.43. The van der Waals surface area contributed by atoms with Crippen molar-refractivity contribution in [2.24, 2.45) is 0 Å². The lowest BCUT2D eigenvalue weighted by molar-refractivity contribution is -0.127. The molecule has 1 aliphatic rings. The first-order valence-electron chi connectivity index (χ1n) is 9.66. The summed E-state index contributed by atoms with van der Waals surface area (Å²) in [6.07, 6.45) is 2.35. The van der Waals surface area contributed by atoms with Crippen molar-refractivity contribution < 1.29 is 23.5 Å². The number of benzene rings is 2. The molecule has 2 aromatic carbocycles. The van der Waals surface area contributed by atoms with Gasteiger partial charge < -0.3 is 10.1 Å². The van der Waals surface area contributed by atoms with Gasteiger partial charge in [0, 0.05) is 10.2 Å². The number of imide groups is 1. The summed E-state index contributed by atoms with van der Waals surface area (Å²) < 4.78 is 19.9. The van der Waals surface area contributed by atoms with Crippen molar-refractivity contribution >= 4 is 79.7 Å². The Hall–Kier alpha value is -2.99. The molecule has 1 aliphatic heterocycles. The molecule has 1 saturated heterocycles. The third kappa shape index (κ3) is 6.17. The number of halogens is 4. The second-order valence-electron chi connectivity index (χ2n) is 6.91. The lowest BCUT2D eigenvalue weighted by Crippen LogP contribution is -2.36. The zero-order valence-electron chi connectivity index (χ0n) is 17.3. The normalized spacial score (nSPS) is 14.5. The first-order valence-corrected chi connectivity index (χ1v) is 12.0. The quantitative estimate of drug-likeness (QED) is 0.268. The van der Waals surface area contributed by atoms with Crippen LogP contribution in [0.1, 0.15) is 5.56 Å². The molecule has 0 spiro atoms. The van der Waals surface area contributed by atoms with Crippen molar-refractivity contribution in [3.05, 3.63) is 79.7 Å². The highest BCUT2D eigenvalue weighted by atomic mass is 79.9.